The average molecular weight is 524 g/mol. The van der Waals surface area contributed by atoms with Crippen LogP contribution in [0.2, 0.25) is 0 Å². The molecule has 1 aromatic carbocycles. The molecule has 0 spiro atoms. The Balaban J connectivity index is 1.69. The summed E-state index contributed by atoms with van der Waals surface area (Å²) in [5.41, 5.74) is 5.43. The van der Waals surface area contributed by atoms with Crippen LogP contribution in [0.4, 0.5) is 5.69 Å². The summed E-state index contributed by atoms with van der Waals surface area (Å²) in [5, 5.41) is 1.12. The van der Waals surface area contributed by atoms with E-state index in [1.165, 1.54) is 0 Å². The first kappa shape index (κ1) is 28.2. The third kappa shape index (κ3) is 6.44. The van der Waals surface area contributed by atoms with E-state index in [-0.39, 0.29) is 10.8 Å². The van der Waals surface area contributed by atoms with Gasteiger partial charge >= 0.3 is 0 Å². The molecule has 1 aromatic rings. The van der Waals surface area contributed by atoms with Crippen LogP contribution in [0.25, 0.3) is 23.0 Å². The molecule has 0 bridgehead atoms. The van der Waals surface area contributed by atoms with Gasteiger partial charge < -0.3 is 14.1 Å². The average Bonchev–Trinajstić information content (AvgIpc) is 2.86. The molecule has 0 N–H and O–H groups in total. The lowest BCUT2D eigenvalue weighted by Crippen LogP contribution is -2.21. The molecule has 0 aromatic heterocycles. The van der Waals surface area contributed by atoms with Crippen LogP contribution in [0.5, 0.6) is 5.75 Å². The first-order chi connectivity index (χ1) is 18.2. The summed E-state index contributed by atoms with van der Waals surface area (Å²) in [6.07, 6.45) is 12.8. The molecular weight excluding hydrogens is 480 g/mol. The summed E-state index contributed by atoms with van der Waals surface area (Å²) in [5.74, 6) is 3.73. The van der Waals surface area contributed by atoms with E-state index in [1.54, 1.807) is 0 Å². The summed E-state index contributed by atoms with van der Waals surface area (Å²) in [6.45, 7) is 13.1. The smallest absolute Gasteiger partial charge is 0.203 e. The number of nitrogens with zero attached hydrogens (tertiary/aromatic N) is 2. The van der Waals surface area contributed by atoms with Gasteiger partial charge in [0.15, 0.2) is 0 Å². The van der Waals surface area contributed by atoms with Gasteiger partial charge in [0.2, 0.25) is 5.36 Å². The molecule has 4 rings (SSSR count). The second-order valence-electron chi connectivity index (χ2n) is 12.7. The molecule has 4 nitrogen and oxygen atoms in total. The fourth-order valence-corrected chi connectivity index (χ4v) is 4.36. The number of rotatable bonds is 4. The fourth-order valence-electron chi connectivity index (χ4n) is 4.36. The molecule has 0 radical (unpaired) electrons. The van der Waals surface area contributed by atoms with Crippen molar-refractivity contribution < 1.29 is 9.15 Å². The fraction of sp³-hybridized carbons (Fsp3) is 0.343. The number of allylic oxidation sites excluding steroid dienone is 7. The van der Waals surface area contributed by atoms with E-state index in [9.17, 15) is 0 Å². The van der Waals surface area contributed by atoms with Crippen molar-refractivity contribution in [1.82, 2.24) is 4.58 Å². The molecule has 2 aliphatic heterocycles. The van der Waals surface area contributed by atoms with Crippen LogP contribution in [-0.4, -0.2) is 28.2 Å². The highest BCUT2D eigenvalue weighted by atomic mass is 16.5. The first-order valence-electron chi connectivity index (χ1n) is 13.6. The molecule has 0 atom stereocenters. The molecule has 0 saturated heterocycles. The minimum absolute atomic E-state index is 0.0921. The maximum atomic E-state index is 6.35. The number of anilines is 1. The summed E-state index contributed by atoms with van der Waals surface area (Å²) < 4.78 is 14.8. The molecule has 1 aliphatic carbocycles. The van der Waals surface area contributed by atoms with Crippen LogP contribution in [-0.2, 0) is 5.41 Å². The van der Waals surface area contributed by atoms with Gasteiger partial charge in [0.25, 0.3) is 0 Å². The minimum Gasteiger partial charge on any atom is -0.460 e. The predicted molar refractivity (Wildman–Crippen MR) is 166 cm³/mol. The maximum absolute atomic E-state index is 6.35. The van der Waals surface area contributed by atoms with E-state index < -0.39 is 0 Å². The Bertz CT molecular complexity index is 1530. The van der Waals surface area contributed by atoms with Crippen molar-refractivity contribution in [2.24, 2.45) is 5.41 Å². The Morgan fingerprint density at radius 2 is 1.51 bits per heavy atom. The van der Waals surface area contributed by atoms with Gasteiger partial charge in [0, 0.05) is 53.9 Å². The van der Waals surface area contributed by atoms with Crippen molar-refractivity contribution >= 4 is 17.3 Å². The Kier molecular flexibility index (Phi) is 7.79. The largest absolute Gasteiger partial charge is 0.460 e. The first-order valence-corrected chi connectivity index (χ1v) is 13.6. The molecule has 0 fully saturated rings. The van der Waals surface area contributed by atoms with Gasteiger partial charge in [-0.25, -0.2) is 4.58 Å². The van der Waals surface area contributed by atoms with Crippen molar-refractivity contribution in [1.29, 1.82) is 0 Å². The molecule has 2 heterocycles. The van der Waals surface area contributed by atoms with Crippen molar-refractivity contribution in [3.05, 3.63) is 101 Å². The number of fused-ring (bicyclic) bond motifs is 2. The van der Waals surface area contributed by atoms with Gasteiger partial charge in [-0.05, 0) is 41.5 Å². The number of ether oxygens (including phenoxy) is 1. The minimum atomic E-state index is -0.0921. The van der Waals surface area contributed by atoms with Crippen LogP contribution >= 0.6 is 0 Å². The van der Waals surface area contributed by atoms with Gasteiger partial charge in [-0.15, -0.1) is 0 Å². The van der Waals surface area contributed by atoms with Crippen LogP contribution in [0.3, 0.4) is 0 Å². The zero-order valence-corrected chi connectivity index (χ0v) is 25.2. The Morgan fingerprint density at radius 1 is 0.795 bits per heavy atom. The van der Waals surface area contributed by atoms with Gasteiger partial charge in [0.05, 0.1) is 6.07 Å². The Morgan fingerprint density at radius 3 is 2.15 bits per heavy atom. The van der Waals surface area contributed by atoms with Gasteiger partial charge in [0.1, 0.15) is 37.1 Å². The summed E-state index contributed by atoms with van der Waals surface area (Å²) in [4.78, 5) is 2.10. The van der Waals surface area contributed by atoms with E-state index in [4.69, 9.17) is 9.15 Å². The summed E-state index contributed by atoms with van der Waals surface area (Å²) in [6, 6.07) is 15.0. The summed E-state index contributed by atoms with van der Waals surface area (Å²) in [7, 11) is 8.19. The lowest BCUT2D eigenvalue weighted by atomic mass is 9.89. The van der Waals surface area contributed by atoms with E-state index in [2.05, 4.69) is 130 Å². The lowest BCUT2D eigenvalue weighted by molar-refractivity contribution is 0.291. The van der Waals surface area contributed by atoms with Crippen molar-refractivity contribution in [3.63, 3.8) is 0 Å². The number of hydrogen-bond donors (Lipinski definition) is 0. The SMILES string of the molecule is CN(C)c1ccc2c(c1)OC(C(C)(C)C)=C\C2=C/C=C/C=C/c1cc(C(C)(C)C)oc2cc(=[N+](C)C)ccc1-2. The van der Waals surface area contributed by atoms with Crippen molar-refractivity contribution in [2.75, 3.05) is 33.1 Å². The molecule has 4 heteroatoms. The molecular formula is C35H43N2O2+. The number of hydrogen-bond acceptors (Lipinski definition) is 3. The summed E-state index contributed by atoms with van der Waals surface area (Å²) >= 11 is 0. The van der Waals surface area contributed by atoms with Crippen LogP contribution < -0.4 is 19.6 Å². The van der Waals surface area contributed by atoms with E-state index >= 15 is 0 Å². The van der Waals surface area contributed by atoms with Crippen LogP contribution in [0.1, 0.15) is 58.4 Å². The zero-order valence-electron chi connectivity index (χ0n) is 25.2. The number of benzene rings is 2. The third-order valence-electron chi connectivity index (χ3n) is 6.85. The molecule has 0 unspecified atom stereocenters. The van der Waals surface area contributed by atoms with Gasteiger partial charge in [-0.1, -0.05) is 71.9 Å². The second-order valence-corrected chi connectivity index (χ2v) is 12.7. The van der Waals surface area contributed by atoms with E-state index in [0.717, 1.165) is 56.3 Å². The highest BCUT2D eigenvalue weighted by Gasteiger charge is 2.26. The normalized spacial score (nSPS) is 15.1. The zero-order chi connectivity index (χ0) is 28.5. The van der Waals surface area contributed by atoms with Crippen molar-refractivity contribution in [3.8, 4) is 17.1 Å². The van der Waals surface area contributed by atoms with E-state index in [0.29, 0.717) is 0 Å². The second kappa shape index (κ2) is 10.8. The predicted octanol–water partition coefficient (Wildman–Crippen LogP) is 7.76. The van der Waals surface area contributed by atoms with Gasteiger partial charge in [-0.3, -0.25) is 0 Å². The molecule has 3 aliphatic rings. The Hall–Kier alpha value is -3.79. The molecule has 39 heavy (non-hydrogen) atoms. The third-order valence-corrected chi connectivity index (χ3v) is 6.85. The molecule has 0 amide bonds. The standard InChI is InChI=1S/C35H43N2O2/c1-34(2,3)32-20-24(28-18-16-26(36(7)8)22-30(28)38-32)14-12-11-13-15-25-21-33(35(4,5)6)39-31-23-27(37(9)10)17-19-29(25)31/h11-23H,1-10H3/q+1. The van der Waals surface area contributed by atoms with Gasteiger partial charge in [-0.2, -0.15) is 0 Å². The maximum Gasteiger partial charge on any atom is 0.203 e. The quantitative estimate of drug-likeness (QED) is 0.258. The highest BCUT2D eigenvalue weighted by Crippen LogP contribution is 2.41. The monoisotopic (exact) mass is 523 g/mol. The van der Waals surface area contributed by atoms with E-state index in [1.807, 2.05) is 28.2 Å². The van der Waals surface area contributed by atoms with Crippen molar-refractivity contribution in [2.45, 2.75) is 47.0 Å². The Labute approximate surface area is 234 Å². The molecule has 204 valence electrons. The molecule has 0 saturated carbocycles. The highest BCUT2D eigenvalue weighted by molar-refractivity contribution is 5.82. The topological polar surface area (TPSA) is 28.6 Å². The van der Waals surface area contributed by atoms with Crippen LogP contribution in [0.15, 0.2) is 83.0 Å². The van der Waals surface area contributed by atoms with Crippen LogP contribution in [0, 0.1) is 5.41 Å². The lowest BCUT2D eigenvalue weighted by Gasteiger charge is -2.29.